The predicted molar refractivity (Wildman–Crippen MR) is 85.2 cm³/mol. The van der Waals surface area contributed by atoms with Crippen molar-refractivity contribution >= 4 is 21.7 Å². The second-order valence-electron chi connectivity index (χ2n) is 5.53. The average molecular weight is 329 g/mol. The van der Waals surface area contributed by atoms with Crippen molar-refractivity contribution in [2.75, 3.05) is 0 Å². The van der Waals surface area contributed by atoms with Crippen LogP contribution in [0.1, 0.15) is 33.5 Å². The van der Waals surface area contributed by atoms with E-state index in [0.717, 1.165) is 34.9 Å². The van der Waals surface area contributed by atoms with Crippen LogP contribution >= 0.6 is 15.9 Å². The fraction of sp³-hybridized carbons (Fsp3) is 0.278. The Kier molecular flexibility index (Phi) is 3.75. The lowest BCUT2D eigenvalue weighted by Crippen LogP contribution is -2.23. The molecule has 0 saturated carbocycles. The van der Waals surface area contributed by atoms with Gasteiger partial charge in [-0.1, -0.05) is 46.3 Å². The minimum Gasteiger partial charge on any atom is -0.294 e. The van der Waals surface area contributed by atoms with Crippen LogP contribution in [0.3, 0.4) is 0 Å². The number of rotatable bonds is 2. The lowest BCUT2D eigenvalue weighted by Gasteiger charge is -2.24. The van der Waals surface area contributed by atoms with Gasteiger partial charge in [0.05, 0.1) is 0 Å². The number of hydrogen-bond donors (Lipinski definition) is 0. The van der Waals surface area contributed by atoms with Crippen molar-refractivity contribution in [3.05, 3.63) is 69.2 Å². The highest BCUT2D eigenvalue weighted by atomic mass is 79.9. The normalized spacial score (nSPS) is 17.6. The number of aryl methyl sites for hydroxylation is 2. The lowest BCUT2D eigenvalue weighted by molar-refractivity contribution is 0.0908. The van der Waals surface area contributed by atoms with Crippen molar-refractivity contribution in [1.29, 1.82) is 0 Å². The van der Waals surface area contributed by atoms with Gasteiger partial charge in [-0.3, -0.25) is 4.79 Å². The zero-order valence-electron chi connectivity index (χ0n) is 11.5. The molecule has 2 aromatic rings. The van der Waals surface area contributed by atoms with Crippen molar-refractivity contribution in [2.24, 2.45) is 5.92 Å². The number of ketones is 1. The number of hydrogen-bond acceptors (Lipinski definition) is 1. The van der Waals surface area contributed by atoms with E-state index in [0.29, 0.717) is 5.78 Å². The number of benzene rings is 2. The summed E-state index contributed by atoms with van der Waals surface area (Å²) in [5.41, 5.74) is 4.68. The number of carbonyl (C=O) groups excluding carboxylic acids is 1. The number of Topliss-reactive ketones (excluding diaryl/α,β-unsaturated/α-hetero) is 1. The van der Waals surface area contributed by atoms with E-state index in [9.17, 15) is 4.79 Å². The lowest BCUT2D eigenvalue weighted by atomic mass is 9.79. The quantitative estimate of drug-likeness (QED) is 0.727. The summed E-state index contributed by atoms with van der Waals surface area (Å²) in [5.74, 6) is 0.425. The Morgan fingerprint density at radius 1 is 1.15 bits per heavy atom. The van der Waals surface area contributed by atoms with E-state index in [-0.39, 0.29) is 5.92 Å². The molecule has 0 aliphatic heterocycles. The van der Waals surface area contributed by atoms with Crippen LogP contribution in [0.4, 0.5) is 0 Å². The van der Waals surface area contributed by atoms with Gasteiger partial charge in [0, 0.05) is 16.0 Å². The Labute approximate surface area is 128 Å². The summed E-state index contributed by atoms with van der Waals surface area (Å²) >= 11 is 3.45. The summed E-state index contributed by atoms with van der Waals surface area (Å²) in [6, 6.07) is 14.4. The first kappa shape index (κ1) is 13.6. The maximum absolute atomic E-state index is 12.7. The molecule has 0 radical (unpaired) electrons. The second kappa shape index (κ2) is 5.53. The van der Waals surface area contributed by atoms with Gasteiger partial charge in [0.25, 0.3) is 0 Å². The molecule has 0 saturated heterocycles. The van der Waals surface area contributed by atoms with Crippen LogP contribution in [0.5, 0.6) is 0 Å². The summed E-state index contributed by atoms with van der Waals surface area (Å²) in [4.78, 5) is 12.7. The molecule has 2 aromatic carbocycles. The summed E-state index contributed by atoms with van der Waals surface area (Å²) < 4.78 is 1.03. The van der Waals surface area contributed by atoms with Crippen LogP contribution in [0.15, 0.2) is 46.9 Å². The van der Waals surface area contributed by atoms with Gasteiger partial charge in [0.2, 0.25) is 0 Å². The summed E-state index contributed by atoms with van der Waals surface area (Å²) in [5, 5.41) is 0. The SMILES string of the molecule is Cc1cc(Br)ccc1C(=O)C1CCc2ccccc2C1. The molecule has 0 amide bonds. The molecule has 1 nitrogen and oxygen atoms in total. The van der Waals surface area contributed by atoms with Gasteiger partial charge in [-0.25, -0.2) is 0 Å². The molecule has 0 heterocycles. The van der Waals surface area contributed by atoms with Crippen molar-refractivity contribution in [1.82, 2.24) is 0 Å². The topological polar surface area (TPSA) is 17.1 Å². The smallest absolute Gasteiger partial charge is 0.166 e. The molecule has 0 N–H and O–H groups in total. The zero-order valence-corrected chi connectivity index (χ0v) is 13.1. The van der Waals surface area contributed by atoms with Gasteiger partial charge in [0.15, 0.2) is 5.78 Å². The van der Waals surface area contributed by atoms with Crippen LogP contribution in [0.25, 0.3) is 0 Å². The Hall–Kier alpha value is -1.41. The van der Waals surface area contributed by atoms with Crippen LogP contribution in [-0.2, 0) is 12.8 Å². The third-order valence-corrected chi connectivity index (χ3v) is 4.66. The second-order valence-corrected chi connectivity index (χ2v) is 6.45. The summed E-state index contributed by atoms with van der Waals surface area (Å²) in [7, 11) is 0. The molecule has 3 rings (SSSR count). The molecular weight excluding hydrogens is 312 g/mol. The highest BCUT2D eigenvalue weighted by Gasteiger charge is 2.26. The van der Waals surface area contributed by atoms with E-state index in [1.54, 1.807) is 0 Å². The minimum absolute atomic E-state index is 0.129. The first-order valence-corrected chi connectivity index (χ1v) is 7.81. The fourth-order valence-electron chi connectivity index (χ4n) is 3.05. The van der Waals surface area contributed by atoms with Gasteiger partial charge in [-0.15, -0.1) is 0 Å². The highest BCUT2D eigenvalue weighted by Crippen LogP contribution is 2.29. The van der Waals surface area contributed by atoms with E-state index in [4.69, 9.17) is 0 Å². The standard InChI is InChI=1S/C18H17BrO/c1-12-10-16(19)8-9-17(12)18(20)15-7-6-13-4-2-3-5-14(13)11-15/h2-5,8-10,15H,6-7,11H2,1H3. The third kappa shape index (κ3) is 2.57. The first-order valence-electron chi connectivity index (χ1n) is 7.02. The summed E-state index contributed by atoms with van der Waals surface area (Å²) in [6.45, 7) is 2.01. The number of halogens is 1. The number of carbonyl (C=O) groups is 1. The molecule has 20 heavy (non-hydrogen) atoms. The van der Waals surface area contributed by atoms with Crippen LogP contribution in [0, 0.1) is 12.8 Å². The van der Waals surface area contributed by atoms with E-state index >= 15 is 0 Å². The molecule has 102 valence electrons. The van der Waals surface area contributed by atoms with Gasteiger partial charge >= 0.3 is 0 Å². The van der Waals surface area contributed by atoms with Crippen molar-refractivity contribution < 1.29 is 4.79 Å². The highest BCUT2D eigenvalue weighted by molar-refractivity contribution is 9.10. The molecule has 1 unspecified atom stereocenters. The zero-order chi connectivity index (χ0) is 14.1. The van der Waals surface area contributed by atoms with Gasteiger partial charge in [0.1, 0.15) is 0 Å². The fourth-order valence-corrected chi connectivity index (χ4v) is 3.52. The largest absolute Gasteiger partial charge is 0.294 e. The minimum atomic E-state index is 0.129. The Balaban J connectivity index is 1.86. The van der Waals surface area contributed by atoms with Crippen molar-refractivity contribution in [2.45, 2.75) is 26.2 Å². The van der Waals surface area contributed by atoms with Crippen molar-refractivity contribution in [3.8, 4) is 0 Å². The van der Waals surface area contributed by atoms with E-state index in [1.165, 1.54) is 11.1 Å². The Bertz CT molecular complexity index is 660. The molecule has 1 atom stereocenters. The predicted octanol–water partition coefficient (Wildman–Crippen LogP) is 4.75. The molecule has 0 fully saturated rings. The molecule has 1 aliphatic rings. The van der Waals surface area contributed by atoms with E-state index < -0.39 is 0 Å². The maximum atomic E-state index is 12.7. The van der Waals surface area contributed by atoms with Crippen molar-refractivity contribution in [3.63, 3.8) is 0 Å². The van der Waals surface area contributed by atoms with Gasteiger partial charge in [-0.05, 0) is 55.0 Å². The van der Waals surface area contributed by atoms with Gasteiger partial charge < -0.3 is 0 Å². The van der Waals surface area contributed by atoms with Gasteiger partial charge in [-0.2, -0.15) is 0 Å². The molecule has 0 spiro atoms. The van der Waals surface area contributed by atoms with Crippen LogP contribution < -0.4 is 0 Å². The third-order valence-electron chi connectivity index (χ3n) is 4.17. The maximum Gasteiger partial charge on any atom is 0.166 e. The Morgan fingerprint density at radius 3 is 2.65 bits per heavy atom. The van der Waals surface area contributed by atoms with Crippen LogP contribution in [-0.4, -0.2) is 5.78 Å². The molecular formula is C18H17BrO. The Morgan fingerprint density at radius 2 is 1.90 bits per heavy atom. The number of fused-ring (bicyclic) bond motifs is 1. The van der Waals surface area contributed by atoms with Crippen LogP contribution in [0.2, 0.25) is 0 Å². The summed E-state index contributed by atoms with van der Waals surface area (Å²) in [6.07, 6.45) is 2.86. The molecule has 0 bridgehead atoms. The van der Waals surface area contributed by atoms with E-state index in [1.807, 2.05) is 25.1 Å². The average Bonchev–Trinajstić information content (AvgIpc) is 2.46. The molecule has 0 aromatic heterocycles. The van der Waals surface area contributed by atoms with E-state index in [2.05, 4.69) is 40.2 Å². The molecule has 1 aliphatic carbocycles. The monoisotopic (exact) mass is 328 g/mol. The molecule has 2 heteroatoms. The first-order chi connectivity index (χ1) is 9.65.